The minimum Gasteiger partial charge on any atom is -0.488 e. The monoisotopic (exact) mass is 330 g/mol. The molecule has 2 aliphatic carbocycles. The molecule has 130 valence electrons. The molecule has 1 aromatic rings. The maximum absolute atomic E-state index is 12.8. The molecule has 24 heavy (non-hydrogen) atoms. The molecule has 3 aliphatic rings. The predicted molar refractivity (Wildman–Crippen MR) is 92.4 cm³/mol. The van der Waals surface area contributed by atoms with E-state index in [4.69, 9.17) is 9.47 Å². The number of nitrogens with zero attached hydrogens (tertiary/aromatic N) is 1. The molecule has 0 spiro atoms. The predicted octanol–water partition coefficient (Wildman–Crippen LogP) is 3.65. The maximum Gasteiger partial charge on any atom is 0.322 e. The Labute approximate surface area is 143 Å². The van der Waals surface area contributed by atoms with E-state index in [1.807, 2.05) is 29.2 Å². The first-order valence-corrected chi connectivity index (χ1v) is 9.22. The van der Waals surface area contributed by atoms with Crippen molar-refractivity contribution in [2.45, 2.75) is 50.7 Å². The molecule has 1 saturated heterocycles. The summed E-state index contributed by atoms with van der Waals surface area (Å²) in [5.74, 6) is 1.40. The molecule has 1 atom stereocenters. The van der Waals surface area contributed by atoms with E-state index in [2.05, 4.69) is 5.32 Å². The fourth-order valence-electron chi connectivity index (χ4n) is 3.79. The molecule has 0 aromatic heterocycles. The van der Waals surface area contributed by atoms with Crippen molar-refractivity contribution in [2.75, 3.05) is 25.1 Å². The molecule has 5 heteroatoms. The Bertz CT molecular complexity index is 582. The van der Waals surface area contributed by atoms with E-state index in [0.29, 0.717) is 25.7 Å². The van der Waals surface area contributed by atoms with Gasteiger partial charge in [-0.15, -0.1) is 0 Å². The lowest BCUT2D eigenvalue weighted by molar-refractivity contribution is 0.00771. The van der Waals surface area contributed by atoms with Crippen molar-refractivity contribution in [2.24, 2.45) is 5.92 Å². The van der Waals surface area contributed by atoms with Gasteiger partial charge in [0, 0.05) is 6.54 Å². The second-order valence-electron chi connectivity index (χ2n) is 7.12. The largest absolute Gasteiger partial charge is 0.488 e. The summed E-state index contributed by atoms with van der Waals surface area (Å²) in [5.41, 5.74) is 0.774. The summed E-state index contributed by atoms with van der Waals surface area (Å²) in [5, 5.41) is 3.07. The number of nitrogens with one attached hydrogen (secondary N) is 1. The zero-order valence-corrected chi connectivity index (χ0v) is 14.1. The maximum atomic E-state index is 12.8. The molecule has 1 N–H and O–H groups in total. The molecule has 2 saturated carbocycles. The first-order chi connectivity index (χ1) is 11.8. The third-order valence-corrected chi connectivity index (χ3v) is 5.32. The zero-order valence-electron chi connectivity index (χ0n) is 14.1. The van der Waals surface area contributed by atoms with Gasteiger partial charge in [-0.3, -0.25) is 0 Å². The Kier molecular flexibility index (Phi) is 4.60. The van der Waals surface area contributed by atoms with Gasteiger partial charge < -0.3 is 19.7 Å². The fraction of sp³-hybridized carbons (Fsp3) is 0.632. The molecule has 1 aromatic carbocycles. The number of ether oxygens (including phenoxy) is 2. The highest BCUT2D eigenvalue weighted by Crippen LogP contribution is 2.37. The van der Waals surface area contributed by atoms with Gasteiger partial charge >= 0.3 is 6.03 Å². The molecular weight excluding hydrogens is 304 g/mol. The van der Waals surface area contributed by atoms with Crippen molar-refractivity contribution in [3.8, 4) is 5.75 Å². The Balaban J connectivity index is 1.44. The van der Waals surface area contributed by atoms with Crippen LogP contribution in [-0.2, 0) is 4.74 Å². The normalized spacial score (nSPS) is 24.8. The van der Waals surface area contributed by atoms with Gasteiger partial charge in [0.2, 0.25) is 0 Å². The summed E-state index contributed by atoms with van der Waals surface area (Å²) < 4.78 is 11.7. The molecule has 1 unspecified atom stereocenters. The Morgan fingerprint density at radius 2 is 1.96 bits per heavy atom. The van der Waals surface area contributed by atoms with Crippen LogP contribution in [-0.4, -0.2) is 42.8 Å². The number of para-hydroxylation sites is 2. The summed E-state index contributed by atoms with van der Waals surface area (Å²) in [6.45, 7) is 1.95. The first kappa shape index (κ1) is 15.8. The van der Waals surface area contributed by atoms with E-state index < -0.39 is 0 Å². The third kappa shape index (κ3) is 3.51. The number of urea groups is 1. The van der Waals surface area contributed by atoms with Crippen LogP contribution < -0.4 is 10.1 Å². The Morgan fingerprint density at radius 3 is 2.75 bits per heavy atom. The smallest absolute Gasteiger partial charge is 0.322 e. The molecule has 3 fully saturated rings. The van der Waals surface area contributed by atoms with Crippen molar-refractivity contribution >= 4 is 11.7 Å². The number of rotatable bonds is 4. The Morgan fingerprint density at radius 1 is 1.17 bits per heavy atom. The number of hydrogen-bond acceptors (Lipinski definition) is 3. The number of amides is 2. The number of carbonyl (C=O) groups is 1. The number of carbonyl (C=O) groups excluding carboxylic acids is 1. The highest BCUT2D eigenvalue weighted by molar-refractivity contribution is 5.91. The van der Waals surface area contributed by atoms with Crippen LogP contribution in [0, 0.1) is 5.92 Å². The quantitative estimate of drug-likeness (QED) is 0.917. The van der Waals surface area contributed by atoms with Crippen LogP contribution in [0.15, 0.2) is 24.3 Å². The SMILES string of the molecule is O=C(Nc1ccccc1OC1CCCC1)N1CCOCC1C1CC1. The molecule has 1 heterocycles. The minimum absolute atomic E-state index is 0.0299. The topological polar surface area (TPSA) is 50.8 Å². The van der Waals surface area contributed by atoms with Crippen molar-refractivity contribution < 1.29 is 14.3 Å². The number of morpholine rings is 1. The Hall–Kier alpha value is -1.75. The standard InChI is InChI=1S/C19H26N2O3/c22-19(21-11-12-23-13-17(21)14-9-10-14)20-16-7-3-4-8-18(16)24-15-5-1-2-6-15/h3-4,7-8,14-15,17H,1-2,5-6,9-13H2,(H,20,22). The lowest BCUT2D eigenvalue weighted by atomic mass is 10.1. The number of hydrogen-bond donors (Lipinski definition) is 1. The van der Waals surface area contributed by atoms with Crippen LogP contribution >= 0.6 is 0 Å². The van der Waals surface area contributed by atoms with Gasteiger partial charge in [-0.25, -0.2) is 4.79 Å². The van der Waals surface area contributed by atoms with Crippen LogP contribution in [0.5, 0.6) is 5.75 Å². The van der Waals surface area contributed by atoms with E-state index in [0.717, 1.165) is 24.3 Å². The van der Waals surface area contributed by atoms with Crippen molar-refractivity contribution in [3.63, 3.8) is 0 Å². The molecule has 0 bridgehead atoms. The van der Waals surface area contributed by atoms with Crippen LogP contribution in [0.4, 0.5) is 10.5 Å². The molecule has 5 nitrogen and oxygen atoms in total. The summed E-state index contributed by atoms with van der Waals surface area (Å²) in [4.78, 5) is 14.8. The average Bonchev–Trinajstić information content (AvgIpc) is 3.34. The summed E-state index contributed by atoms with van der Waals surface area (Å²) >= 11 is 0. The highest BCUT2D eigenvalue weighted by Gasteiger charge is 2.39. The molecule has 0 radical (unpaired) electrons. The zero-order chi connectivity index (χ0) is 16.4. The van der Waals surface area contributed by atoms with Gasteiger partial charge in [-0.1, -0.05) is 12.1 Å². The first-order valence-electron chi connectivity index (χ1n) is 9.22. The fourth-order valence-corrected chi connectivity index (χ4v) is 3.79. The summed E-state index contributed by atoms with van der Waals surface area (Å²) in [6, 6.07) is 7.97. The van der Waals surface area contributed by atoms with Crippen LogP contribution in [0.3, 0.4) is 0 Å². The highest BCUT2D eigenvalue weighted by atomic mass is 16.5. The van der Waals surface area contributed by atoms with Crippen LogP contribution in [0.1, 0.15) is 38.5 Å². The molecule has 4 rings (SSSR count). The van der Waals surface area contributed by atoms with Crippen LogP contribution in [0.2, 0.25) is 0 Å². The van der Waals surface area contributed by atoms with Crippen molar-refractivity contribution in [3.05, 3.63) is 24.3 Å². The van der Waals surface area contributed by atoms with E-state index in [9.17, 15) is 4.79 Å². The van der Waals surface area contributed by atoms with E-state index in [1.54, 1.807) is 0 Å². The average molecular weight is 330 g/mol. The van der Waals surface area contributed by atoms with Gasteiger partial charge in [0.1, 0.15) is 5.75 Å². The van der Waals surface area contributed by atoms with Crippen molar-refractivity contribution in [1.29, 1.82) is 0 Å². The number of anilines is 1. The van der Waals surface area contributed by atoms with Gasteiger partial charge in [0.15, 0.2) is 0 Å². The molecule has 2 amide bonds. The lowest BCUT2D eigenvalue weighted by Gasteiger charge is -2.36. The second kappa shape index (κ2) is 7.01. The summed E-state index contributed by atoms with van der Waals surface area (Å²) in [6.07, 6.45) is 7.38. The molecule has 1 aliphatic heterocycles. The van der Waals surface area contributed by atoms with E-state index in [-0.39, 0.29) is 18.2 Å². The summed E-state index contributed by atoms with van der Waals surface area (Å²) in [7, 11) is 0. The third-order valence-electron chi connectivity index (χ3n) is 5.32. The van der Waals surface area contributed by atoms with Gasteiger partial charge in [-0.2, -0.15) is 0 Å². The lowest BCUT2D eigenvalue weighted by Crippen LogP contribution is -2.51. The van der Waals surface area contributed by atoms with Crippen LogP contribution in [0.25, 0.3) is 0 Å². The van der Waals surface area contributed by atoms with Crippen molar-refractivity contribution in [1.82, 2.24) is 4.90 Å². The molecular formula is C19H26N2O3. The minimum atomic E-state index is -0.0299. The van der Waals surface area contributed by atoms with Gasteiger partial charge in [0.25, 0.3) is 0 Å². The van der Waals surface area contributed by atoms with E-state index in [1.165, 1.54) is 25.7 Å². The number of benzene rings is 1. The second-order valence-corrected chi connectivity index (χ2v) is 7.12. The van der Waals surface area contributed by atoms with Gasteiger partial charge in [-0.05, 0) is 56.6 Å². The van der Waals surface area contributed by atoms with E-state index >= 15 is 0 Å². The van der Waals surface area contributed by atoms with Gasteiger partial charge in [0.05, 0.1) is 31.0 Å².